The van der Waals surface area contributed by atoms with Gasteiger partial charge in [0.25, 0.3) is 0 Å². The van der Waals surface area contributed by atoms with Crippen LogP contribution < -0.4 is 10.7 Å². The van der Waals surface area contributed by atoms with E-state index in [1.807, 2.05) is 12.1 Å². The highest BCUT2D eigenvalue weighted by Crippen LogP contribution is 1.80. The van der Waals surface area contributed by atoms with Crippen LogP contribution in [0.4, 0.5) is 0 Å². The number of hydrogen-bond acceptors (Lipinski definition) is 3. The summed E-state index contributed by atoms with van der Waals surface area (Å²) in [6.07, 6.45) is 3.56. The van der Waals surface area contributed by atoms with E-state index in [-0.39, 0.29) is 0 Å². The molecule has 0 amide bonds. The lowest BCUT2D eigenvalue weighted by Gasteiger charge is -1.76. The smallest absolute Gasteiger partial charge is 0.177 e. The Balaban J connectivity index is 2.97. The zero-order chi connectivity index (χ0) is 6.10. The molecule has 0 spiro atoms. The van der Waals surface area contributed by atoms with Crippen LogP contribution in [0, 0.1) is 6.54 Å². The van der Waals surface area contributed by atoms with Crippen LogP contribution in [0.1, 0.15) is 0 Å². The second-order valence-electron chi connectivity index (χ2n) is 1.75. The Morgan fingerprint density at radius 1 is 1.33 bits per heavy atom. The summed E-state index contributed by atoms with van der Waals surface area (Å²) in [5, 5.41) is 8.50. The van der Waals surface area contributed by atoms with E-state index >= 15 is 0 Å². The zero-order valence-corrected chi connectivity index (χ0v) is 4.65. The number of aromatic nitrogens is 2. The molecule has 0 saturated carbocycles. The molecule has 0 bridgehead atoms. The molecule has 0 atom stereocenters. The molecule has 2 heterocycles. The summed E-state index contributed by atoms with van der Waals surface area (Å²) in [5.41, 5.74) is 0.720. The molecule has 1 aromatic heterocycles. The summed E-state index contributed by atoms with van der Waals surface area (Å²) in [6.45, 7) is 1.72. The molecule has 1 radical (unpaired) electrons. The van der Waals surface area contributed by atoms with Gasteiger partial charge in [0.05, 0.1) is 12.7 Å². The molecule has 0 aliphatic carbocycles. The van der Waals surface area contributed by atoms with Crippen LogP contribution in [-0.2, 0) is 0 Å². The third-order valence-corrected chi connectivity index (χ3v) is 1.18. The first-order valence-electron chi connectivity index (χ1n) is 2.66. The van der Waals surface area contributed by atoms with E-state index in [2.05, 4.69) is 15.2 Å². The van der Waals surface area contributed by atoms with Gasteiger partial charge in [-0.1, -0.05) is 0 Å². The molecule has 0 fully saturated rings. The molecule has 0 N–H and O–H groups in total. The van der Waals surface area contributed by atoms with Crippen molar-refractivity contribution in [1.82, 2.24) is 10.2 Å². The fourth-order valence-corrected chi connectivity index (χ4v) is 0.753. The Kier molecular flexibility index (Phi) is 0.828. The monoisotopic (exact) mass is 118 g/mol. The van der Waals surface area contributed by atoms with Crippen molar-refractivity contribution in [1.29, 1.82) is 0 Å². The molecular formula is C6H4N3. The molecule has 2 rings (SSSR count). The molecular weight excluding hydrogens is 114 g/mol. The number of fused-ring (bicyclic) bond motifs is 1. The number of hydrogen-bond donors (Lipinski definition) is 0. The highest BCUT2D eigenvalue weighted by atomic mass is 15.1. The maximum absolute atomic E-state index is 3.95. The summed E-state index contributed by atoms with van der Waals surface area (Å²) in [4.78, 5) is 3.95. The van der Waals surface area contributed by atoms with Crippen molar-refractivity contribution in [3.63, 3.8) is 0 Å². The van der Waals surface area contributed by atoms with Gasteiger partial charge in [-0.25, -0.2) is 0 Å². The van der Waals surface area contributed by atoms with Gasteiger partial charge >= 0.3 is 0 Å². The lowest BCUT2D eigenvalue weighted by atomic mass is 10.4. The van der Waals surface area contributed by atoms with Crippen molar-refractivity contribution in [3.8, 4) is 0 Å². The Labute approximate surface area is 51.8 Å². The van der Waals surface area contributed by atoms with Crippen molar-refractivity contribution in [3.05, 3.63) is 29.5 Å². The second-order valence-corrected chi connectivity index (χ2v) is 1.75. The highest BCUT2D eigenvalue weighted by Gasteiger charge is 1.92. The van der Waals surface area contributed by atoms with Gasteiger partial charge in [0.2, 0.25) is 0 Å². The Morgan fingerprint density at radius 3 is 3.22 bits per heavy atom. The van der Waals surface area contributed by atoms with Crippen molar-refractivity contribution in [2.75, 3.05) is 0 Å². The largest absolute Gasteiger partial charge is 0.254 e. The summed E-state index contributed by atoms with van der Waals surface area (Å²) < 4.78 is 0. The standard InChI is InChI=1S/C6H4N3/c1-3-7-6-5(1)2-4-8-9-6/h1-4H. The first-order chi connectivity index (χ1) is 4.47. The lowest BCUT2D eigenvalue weighted by molar-refractivity contribution is 0.947. The summed E-state index contributed by atoms with van der Waals surface area (Å²) in [6, 6.07) is 1.88. The first-order valence-corrected chi connectivity index (χ1v) is 2.66. The lowest BCUT2D eigenvalue weighted by Crippen LogP contribution is -2.25. The van der Waals surface area contributed by atoms with Gasteiger partial charge < -0.3 is 0 Å². The molecule has 0 saturated heterocycles. The van der Waals surface area contributed by atoms with Crippen molar-refractivity contribution in [2.45, 2.75) is 0 Å². The van der Waals surface area contributed by atoms with Crippen LogP contribution in [-0.4, -0.2) is 10.2 Å². The van der Waals surface area contributed by atoms with Crippen LogP contribution >= 0.6 is 0 Å². The normalized spacial score (nSPS) is 13.8. The van der Waals surface area contributed by atoms with Crippen LogP contribution in [0.5, 0.6) is 0 Å². The van der Waals surface area contributed by atoms with Crippen molar-refractivity contribution >= 4 is 6.08 Å². The van der Waals surface area contributed by atoms with Gasteiger partial charge in [-0.05, 0) is 12.1 Å². The minimum atomic E-state index is 0.720. The van der Waals surface area contributed by atoms with E-state index < -0.39 is 0 Å². The average Bonchev–Trinajstić information content (AvgIpc) is 2.33. The minimum Gasteiger partial charge on any atom is -0.254 e. The van der Waals surface area contributed by atoms with Gasteiger partial charge in [0.1, 0.15) is 0 Å². The van der Waals surface area contributed by atoms with E-state index in [1.54, 1.807) is 12.7 Å². The quantitative estimate of drug-likeness (QED) is 0.440. The fourth-order valence-electron chi connectivity index (χ4n) is 0.753. The van der Waals surface area contributed by atoms with Crippen molar-refractivity contribution in [2.24, 2.45) is 4.99 Å². The van der Waals surface area contributed by atoms with E-state index in [4.69, 9.17) is 0 Å². The van der Waals surface area contributed by atoms with E-state index in [1.165, 1.54) is 0 Å². The molecule has 9 heavy (non-hydrogen) atoms. The third kappa shape index (κ3) is 0.614. The maximum Gasteiger partial charge on any atom is 0.177 e. The Hall–Kier alpha value is -1.25. The first kappa shape index (κ1) is 4.61. The molecule has 0 unspecified atom stereocenters. The van der Waals surface area contributed by atoms with Gasteiger partial charge in [-0.2, -0.15) is 5.10 Å². The predicted octanol–water partition coefficient (Wildman–Crippen LogP) is -0.948. The molecule has 1 aliphatic heterocycles. The van der Waals surface area contributed by atoms with E-state index in [0.717, 1.165) is 10.7 Å². The Morgan fingerprint density at radius 2 is 2.33 bits per heavy atom. The second kappa shape index (κ2) is 1.62. The third-order valence-electron chi connectivity index (χ3n) is 1.18. The minimum absolute atomic E-state index is 0.720. The van der Waals surface area contributed by atoms with E-state index in [9.17, 15) is 0 Å². The van der Waals surface area contributed by atoms with Crippen LogP contribution in [0.25, 0.3) is 6.08 Å². The molecule has 1 aliphatic rings. The summed E-state index contributed by atoms with van der Waals surface area (Å²) >= 11 is 0. The van der Waals surface area contributed by atoms with Crippen LogP contribution in [0.15, 0.2) is 17.3 Å². The summed E-state index contributed by atoms with van der Waals surface area (Å²) in [5.74, 6) is 0. The fraction of sp³-hybridized carbons (Fsp3) is 0. The average molecular weight is 118 g/mol. The molecule has 3 heteroatoms. The van der Waals surface area contributed by atoms with Crippen molar-refractivity contribution < 1.29 is 0 Å². The van der Waals surface area contributed by atoms with Crippen LogP contribution in [0.3, 0.4) is 0 Å². The Bertz CT molecular complexity index is 295. The number of rotatable bonds is 0. The zero-order valence-electron chi connectivity index (χ0n) is 4.65. The number of nitrogens with zero attached hydrogens (tertiary/aromatic N) is 3. The molecule has 43 valence electrons. The van der Waals surface area contributed by atoms with Crippen LogP contribution in [0.2, 0.25) is 0 Å². The maximum atomic E-state index is 3.95. The topological polar surface area (TPSA) is 38.1 Å². The predicted molar refractivity (Wildman–Crippen MR) is 31.6 cm³/mol. The van der Waals surface area contributed by atoms with Gasteiger partial charge in [0, 0.05) is 5.22 Å². The SMILES string of the molecule is [CH]1C=c2ccnnc2=N1. The summed E-state index contributed by atoms with van der Waals surface area (Å²) in [7, 11) is 0. The van der Waals surface area contributed by atoms with Gasteiger partial charge in [0.15, 0.2) is 5.49 Å². The highest BCUT2D eigenvalue weighted by molar-refractivity contribution is 5.33. The van der Waals surface area contributed by atoms with E-state index in [0.29, 0.717) is 0 Å². The molecule has 1 aromatic rings. The van der Waals surface area contributed by atoms with Gasteiger partial charge in [-0.15, -0.1) is 5.10 Å². The molecule has 0 aromatic carbocycles. The van der Waals surface area contributed by atoms with Gasteiger partial charge in [-0.3, -0.25) is 4.99 Å². The molecule has 3 nitrogen and oxygen atoms in total.